The van der Waals surface area contributed by atoms with Crippen LogP contribution >= 0.6 is 12.4 Å². The highest BCUT2D eigenvalue weighted by molar-refractivity contribution is 5.85. The van der Waals surface area contributed by atoms with Crippen molar-refractivity contribution in [1.82, 2.24) is 5.32 Å². The van der Waals surface area contributed by atoms with E-state index in [-0.39, 0.29) is 12.4 Å². The molecular weight excluding hydrogens is 250 g/mol. The van der Waals surface area contributed by atoms with Crippen molar-refractivity contribution in [2.45, 2.75) is 33.2 Å². The van der Waals surface area contributed by atoms with Crippen LogP contribution in [-0.4, -0.2) is 19.8 Å². The fourth-order valence-corrected chi connectivity index (χ4v) is 2.31. The highest BCUT2D eigenvalue weighted by Gasteiger charge is 2.19. The molecule has 1 heterocycles. The smallest absolute Gasteiger partial charge is 0.161 e. The van der Waals surface area contributed by atoms with Gasteiger partial charge in [0.25, 0.3) is 0 Å². The minimum absolute atomic E-state index is 0. The fraction of sp³-hybridized carbons (Fsp3) is 0.571. The molecule has 0 amide bonds. The molecule has 1 aromatic carbocycles. The number of ether oxygens (including phenoxy) is 2. The number of nitrogens with one attached hydrogen (secondary N) is 1. The van der Waals surface area contributed by atoms with Crippen LogP contribution in [0.2, 0.25) is 0 Å². The zero-order chi connectivity index (χ0) is 12.3. The third kappa shape index (κ3) is 3.09. The lowest BCUT2D eigenvalue weighted by atomic mass is 9.94. The molecule has 0 saturated heterocycles. The molecule has 2 rings (SSSR count). The Kier molecular flexibility index (Phi) is 5.76. The van der Waals surface area contributed by atoms with Gasteiger partial charge in [0.1, 0.15) is 0 Å². The molecular formula is C14H22ClNO2. The first-order chi connectivity index (χ1) is 8.26. The number of hydrogen-bond acceptors (Lipinski definition) is 3. The molecule has 0 spiro atoms. The van der Waals surface area contributed by atoms with E-state index in [1.54, 1.807) is 0 Å². The zero-order valence-corrected chi connectivity index (χ0v) is 12.1. The molecule has 3 nitrogen and oxygen atoms in total. The summed E-state index contributed by atoms with van der Waals surface area (Å²) in [5, 5.41) is 3.46. The quantitative estimate of drug-likeness (QED) is 0.913. The summed E-state index contributed by atoms with van der Waals surface area (Å²) in [6.07, 6.45) is 1.06. The van der Waals surface area contributed by atoms with Gasteiger partial charge in [0.05, 0.1) is 13.2 Å². The maximum absolute atomic E-state index is 5.65. The molecule has 4 heteroatoms. The first kappa shape index (κ1) is 15.1. The standard InChI is InChI=1S/C14H21NO2.ClH/c1-4-16-13-8-11-6-7-15-10(3)12(11)9-14(13)17-5-2;/h8-10,15H,4-7H2,1-3H3;1H. The minimum atomic E-state index is 0. The van der Waals surface area contributed by atoms with Gasteiger partial charge in [0.15, 0.2) is 11.5 Å². The third-order valence-corrected chi connectivity index (χ3v) is 3.12. The molecule has 0 saturated carbocycles. The summed E-state index contributed by atoms with van der Waals surface area (Å²) in [4.78, 5) is 0. The largest absolute Gasteiger partial charge is 0.490 e. The maximum atomic E-state index is 5.65. The van der Waals surface area contributed by atoms with E-state index in [4.69, 9.17) is 9.47 Å². The molecule has 0 radical (unpaired) electrons. The van der Waals surface area contributed by atoms with E-state index in [1.807, 2.05) is 13.8 Å². The Bertz CT molecular complexity index is 396. The Labute approximate surface area is 115 Å². The Hall–Kier alpha value is -0.930. The highest BCUT2D eigenvalue weighted by Crippen LogP contribution is 2.35. The molecule has 0 aliphatic carbocycles. The number of hydrogen-bond donors (Lipinski definition) is 1. The number of rotatable bonds is 4. The third-order valence-electron chi connectivity index (χ3n) is 3.12. The Morgan fingerprint density at radius 1 is 1.17 bits per heavy atom. The van der Waals surface area contributed by atoms with E-state index < -0.39 is 0 Å². The average molecular weight is 272 g/mol. The fourth-order valence-electron chi connectivity index (χ4n) is 2.31. The highest BCUT2D eigenvalue weighted by atomic mass is 35.5. The zero-order valence-electron chi connectivity index (χ0n) is 11.3. The Balaban J connectivity index is 0.00000162. The van der Waals surface area contributed by atoms with Gasteiger partial charge in [-0.25, -0.2) is 0 Å². The van der Waals surface area contributed by atoms with E-state index >= 15 is 0 Å². The second-order valence-corrected chi connectivity index (χ2v) is 4.29. The van der Waals surface area contributed by atoms with E-state index in [9.17, 15) is 0 Å². The van der Waals surface area contributed by atoms with Crippen LogP contribution in [0.1, 0.15) is 37.9 Å². The molecule has 102 valence electrons. The normalized spacial score (nSPS) is 17.6. The molecule has 1 unspecified atom stereocenters. The van der Waals surface area contributed by atoms with Crippen molar-refractivity contribution in [2.24, 2.45) is 0 Å². The molecule has 0 fully saturated rings. The summed E-state index contributed by atoms with van der Waals surface area (Å²) in [5.74, 6) is 1.74. The predicted octanol–water partition coefficient (Wildman–Crippen LogP) is 3.11. The van der Waals surface area contributed by atoms with E-state index in [1.165, 1.54) is 11.1 Å². The van der Waals surface area contributed by atoms with Gasteiger partial charge in [-0.3, -0.25) is 0 Å². The number of benzene rings is 1. The molecule has 1 aliphatic heterocycles. The van der Waals surface area contributed by atoms with Crippen molar-refractivity contribution in [1.29, 1.82) is 0 Å². The van der Waals surface area contributed by atoms with Gasteiger partial charge in [-0.2, -0.15) is 0 Å². The van der Waals surface area contributed by atoms with E-state index in [2.05, 4.69) is 24.4 Å². The van der Waals surface area contributed by atoms with Crippen LogP contribution in [0.3, 0.4) is 0 Å². The van der Waals surface area contributed by atoms with Crippen LogP contribution < -0.4 is 14.8 Å². The van der Waals surface area contributed by atoms with E-state index in [0.29, 0.717) is 19.3 Å². The average Bonchev–Trinajstić information content (AvgIpc) is 2.32. The molecule has 1 atom stereocenters. The summed E-state index contributed by atoms with van der Waals surface area (Å²) < 4.78 is 11.3. The first-order valence-electron chi connectivity index (χ1n) is 6.42. The van der Waals surface area contributed by atoms with Crippen LogP contribution in [-0.2, 0) is 6.42 Å². The summed E-state index contributed by atoms with van der Waals surface area (Å²) in [6, 6.07) is 4.66. The summed E-state index contributed by atoms with van der Waals surface area (Å²) in [5.41, 5.74) is 2.71. The van der Waals surface area contributed by atoms with Crippen LogP contribution in [0.5, 0.6) is 11.5 Å². The van der Waals surface area contributed by atoms with Gasteiger partial charge >= 0.3 is 0 Å². The predicted molar refractivity (Wildman–Crippen MR) is 76.1 cm³/mol. The van der Waals surface area contributed by atoms with E-state index in [0.717, 1.165) is 24.5 Å². The number of halogens is 1. The lowest BCUT2D eigenvalue weighted by Crippen LogP contribution is -2.27. The summed E-state index contributed by atoms with van der Waals surface area (Å²) >= 11 is 0. The second kappa shape index (κ2) is 6.86. The second-order valence-electron chi connectivity index (χ2n) is 4.29. The van der Waals surface area contributed by atoms with Crippen LogP contribution in [0.25, 0.3) is 0 Å². The van der Waals surface area contributed by atoms with Crippen LogP contribution in [0.15, 0.2) is 12.1 Å². The summed E-state index contributed by atoms with van der Waals surface area (Å²) in [7, 11) is 0. The van der Waals surface area contributed by atoms with Crippen molar-refractivity contribution in [2.75, 3.05) is 19.8 Å². The monoisotopic (exact) mass is 271 g/mol. The maximum Gasteiger partial charge on any atom is 0.161 e. The molecule has 18 heavy (non-hydrogen) atoms. The van der Waals surface area contributed by atoms with Gasteiger partial charge in [-0.05, 0) is 57.0 Å². The van der Waals surface area contributed by atoms with Crippen molar-refractivity contribution in [3.8, 4) is 11.5 Å². The first-order valence-corrected chi connectivity index (χ1v) is 6.42. The Morgan fingerprint density at radius 2 is 1.78 bits per heavy atom. The van der Waals surface area contributed by atoms with Gasteiger partial charge < -0.3 is 14.8 Å². The van der Waals surface area contributed by atoms with Crippen molar-refractivity contribution >= 4 is 12.4 Å². The lowest BCUT2D eigenvalue weighted by Gasteiger charge is -2.25. The molecule has 1 N–H and O–H groups in total. The van der Waals surface area contributed by atoms with Gasteiger partial charge in [-0.1, -0.05) is 0 Å². The van der Waals surface area contributed by atoms with Gasteiger partial charge in [0, 0.05) is 6.04 Å². The van der Waals surface area contributed by atoms with Crippen molar-refractivity contribution in [3.63, 3.8) is 0 Å². The molecule has 1 aliphatic rings. The minimum Gasteiger partial charge on any atom is -0.490 e. The van der Waals surface area contributed by atoms with Crippen LogP contribution in [0.4, 0.5) is 0 Å². The van der Waals surface area contributed by atoms with Gasteiger partial charge in [-0.15, -0.1) is 12.4 Å². The Morgan fingerprint density at radius 3 is 2.39 bits per heavy atom. The molecule has 0 aromatic heterocycles. The topological polar surface area (TPSA) is 30.5 Å². The molecule has 1 aromatic rings. The van der Waals surface area contributed by atoms with Crippen molar-refractivity contribution in [3.05, 3.63) is 23.3 Å². The SMILES string of the molecule is CCOc1cc2c(cc1OCC)C(C)NCC2.Cl. The van der Waals surface area contributed by atoms with Crippen molar-refractivity contribution < 1.29 is 9.47 Å². The lowest BCUT2D eigenvalue weighted by molar-refractivity contribution is 0.286. The molecule has 0 bridgehead atoms. The van der Waals surface area contributed by atoms with Gasteiger partial charge in [0.2, 0.25) is 0 Å². The number of fused-ring (bicyclic) bond motifs is 1. The summed E-state index contributed by atoms with van der Waals surface area (Å²) in [6.45, 7) is 8.56. The van der Waals surface area contributed by atoms with Crippen LogP contribution in [0, 0.1) is 0 Å².